The lowest BCUT2D eigenvalue weighted by Gasteiger charge is -2.37. The minimum absolute atomic E-state index is 0.146. The standard InChI is InChI=1S/C19H32O2.C18H11NO2.C2H6/c1-3-5-6-15-7-9-16(10-8-15)17-11-13-18(14-12-17)21-19(20)4-2;1-2-18(20)21-17-11-9-15(10-12-17)4-3-14-5-7-16(13-19)8-6-14;1-2/h4,15-18H,2-3,5-14H2,1H3;2,5-12H,1H2;1-2H3. The molecule has 5 nitrogen and oxygen atoms in total. The van der Waals surface area contributed by atoms with Crippen molar-refractivity contribution in [1.29, 1.82) is 5.26 Å². The SMILES string of the molecule is C=CC(=O)OC1CCC(C2CCC(CCCC)CC2)CC1.C=CC(=O)Oc1ccc(C#Cc2ccc(C#N)cc2)cc1.CC. The number of hydrogen-bond donors (Lipinski definition) is 0. The Labute approximate surface area is 265 Å². The maximum atomic E-state index is 11.2. The van der Waals surface area contributed by atoms with Gasteiger partial charge in [-0.05, 0) is 105 Å². The fourth-order valence-electron chi connectivity index (χ4n) is 5.87. The first kappa shape index (κ1) is 36.1. The Balaban J connectivity index is 0.000000291. The summed E-state index contributed by atoms with van der Waals surface area (Å²) in [6.45, 7) is 13.1. The molecule has 0 radical (unpaired) electrons. The number of nitriles is 1. The molecule has 5 heteroatoms. The van der Waals surface area contributed by atoms with Crippen molar-refractivity contribution in [2.75, 3.05) is 0 Å². The van der Waals surface area contributed by atoms with Crippen LogP contribution >= 0.6 is 0 Å². The van der Waals surface area contributed by atoms with E-state index < -0.39 is 5.97 Å². The van der Waals surface area contributed by atoms with E-state index in [-0.39, 0.29) is 12.1 Å². The molecular weight excluding hydrogens is 546 g/mol. The van der Waals surface area contributed by atoms with Crippen LogP contribution in [0.4, 0.5) is 0 Å². The topological polar surface area (TPSA) is 76.4 Å². The van der Waals surface area contributed by atoms with Gasteiger partial charge in [0.1, 0.15) is 11.9 Å². The highest BCUT2D eigenvalue weighted by Gasteiger charge is 2.31. The number of esters is 2. The zero-order valence-electron chi connectivity index (χ0n) is 26.9. The number of unbranched alkanes of at least 4 members (excludes halogenated alkanes) is 1. The highest BCUT2D eigenvalue weighted by molar-refractivity contribution is 5.83. The number of nitrogens with zero attached hydrogens (tertiary/aromatic N) is 1. The summed E-state index contributed by atoms with van der Waals surface area (Å²) in [5, 5.41) is 8.71. The summed E-state index contributed by atoms with van der Waals surface area (Å²) in [5.74, 6) is 8.53. The van der Waals surface area contributed by atoms with E-state index in [1.165, 1.54) is 63.9 Å². The molecule has 0 aliphatic heterocycles. The molecule has 2 saturated carbocycles. The first-order valence-electron chi connectivity index (χ1n) is 16.2. The van der Waals surface area contributed by atoms with E-state index in [1.54, 1.807) is 48.5 Å². The highest BCUT2D eigenvalue weighted by Crippen LogP contribution is 2.41. The lowest BCUT2D eigenvalue weighted by atomic mass is 9.70. The van der Waals surface area contributed by atoms with Crippen LogP contribution in [-0.4, -0.2) is 18.0 Å². The number of carbonyl (C=O) groups is 2. The van der Waals surface area contributed by atoms with Gasteiger partial charge < -0.3 is 9.47 Å². The van der Waals surface area contributed by atoms with E-state index in [2.05, 4.69) is 38.0 Å². The summed E-state index contributed by atoms with van der Waals surface area (Å²) in [4.78, 5) is 22.3. The summed E-state index contributed by atoms with van der Waals surface area (Å²) in [7, 11) is 0. The third-order valence-electron chi connectivity index (χ3n) is 8.30. The Hall–Kier alpha value is -4.09. The molecule has 2 aliphatic rings. The van der Waals surface area contributed by atoms with Gasteiger partial charge in [-0.3, -0.25) is 0 Å². The van der Waals surface area contributed by atoms with Gasteiger partial charge in [0.05, 0.1) is 11.6 Å². The van der Waals surface area contributed by atoms with Crippen molar-refractivity contribution >= 4 is 11.9 Å². The lowest BCUT2D eigenvalue weighted by molar-refractivity contribution is -0.145. The first-order valence-corrected chi connectivity index (χ1v) is 16.2. The summed E-state index contributed by atoms with van der Waals surface area (Å²) in [6.07, 6.45) is 17.1. The summed E-state index contributed by atoms with van der Waals surface area (Å²) in [6, 6.07) is 16.0. The molecule has 0 spiro atoms. The molecule has 0 unspecified atom stereocenters. The molecule has 2 fully saturated rings. The van der Waals surface area contributed by atoms with Gasteiger partial charge in [-0.1, -0.05) is 77.9 Å². The molecule has 0 saturated heterocycles. The summed E-state index contributed by atoms with van der Waals surface area (Å²) in [5.41, 5.74) is 2.24. The van der Waals surface area contributed by atoms with Crippen LogP contribution in [0.25, 0.3) is 0 Å². The third kappa shape index (κ3) is 13.0. The maximum Gasteiger partial charge on any atom is 0.335 e. The normalized spacial score (nSPS) is 20.3. The Bertz CT molecular complexity index is 1260. The van der Waals surface area contributed by atoms with Gasteiger partial charge in [0.25, 0.3) is 0 Å². The van der Waals surface area contributed by atoms with Crippen LogP contribution in [0.1, 0.15) is 108 Å². The average Bonchev–Trinajstić information content (AvgIpc) is 3.09. The third-order valence-corrected chi connectivity index (χ3v) is 8.30. The van der Waals surface area contributed by atoms with Gasteiger partial charge in [-0.25, -0.2) is 9.59 Å². The van der Waals surface area contributed by atoms with Crippen molar-refractivity contribution in [2.24, 2.45) is 17.8 Å². The minimum atomic E-state index is -0.494. The number of rotatable bonds is 8. The van der Waals surface area contributed by atoms with Crippen LogP contribution in [0, 0.1) is 40.9 Å². The predicted octanol–water partition coefficient (Wildman–Crippen LogP) is 9.35. The van der Waals surface area contributed by atoms with Crippen LogP contribution in [0.5, 0.6) is 5.75 Å². The van der Waals surface area contributed by atoms with Crippen molar-refractivity contribution in [2.45, 2.75) is 97.5 Å². The molecule has 0 bridgehead atoms. The lowest BCUT2D eigenvalue weighted by Crippen LogP contribution is -2.29. The highest BCUT2D eigenvalue weighted by atomic mass is 16.5. The van der Waals surface area contributed by atoms with Crippen molar-refractivity contribution in [3.05, 3.63) is 90.5 Å². The number of hydrogen-bond acceptors (Lipinski definition) is 5. The van der Waals surface area contributed by atoms with Crippen molar-refractivity contribution in [3.8, 4) is 23.7 Å². The number of ether oxygens (including phenoxy) is 2. The molecule has 0 heterocycles. The van der Waals surface area contributed by atoms with E-state index in [4.69, 9.17) is 14.7 Å². The molecular formula is C39H49NO4. The minimum Gasteiger partial charge on any atom is -0.459 e. The fourth-order valence-corrected chi connectivity index (χ4v) is 5.87. The van der Waals surface area contributed by atoms with Crippen LogP contribution < -0.4 is 4.74 Å². The molecule has 2 aromatic carbocycles. The molecule has 0 N–H and O–H groups in total. The van der Waals surface area contributed by atoms with Gasteiger partial charge in [0.2, 0.25) is 0 Å². The van der Waals surface area contributed by atoms with E-state index >= 15 is 0 Å². The molecule has 2 aliphatic carbocycles. The van der Waals surface area contributed by atoms with Crippen molar-refractivity contribution in [3.63, 3.8) is 0 Å². The van der Waals surface area contributed by atoms with Crippen LogP contribution in [0.3, 0.4) is 0 Å². The van der Waals surface area contributed by atoms with E-state index in [9.17, 15) is 9.59 Å². The summed E-state index contributed by atoms with van der Waals surface area (Å²) < 4.78 is 10.4. The van der Waals surface area contributed by atoms with Crippen molar-refractivity contribution in [1.82, 2.24) is 0 Å². The number of benzene rings is 2. The predicted molar refractivity (Wildman–Crippen MR) is 178 cm³/mol. The molecule has 0 amide bonds. The second-order valence-electron chi connectivity index (χ2n) is 11.2. The van der Waals surface area contributed by atoms with E-state index in [1.807, 2.05) is 13.8 Å². The molecule has 234 valence electrons. The van der Waals surface area contributed by atoms with Gasteiger partial charge in [0, 0.05) is 23.3 Å². The first-order chi connectivity index (χ1) is 21.4. The molecule has 4 rings (SSSR count). The molecule has 44 heavy (non-hydrogen) atoms. The Morgan fingerprint density at radius 3 is 1.73 bits per heavy atom. The van der Waals surface area contributed by atoms with Gasteiger partial charge >= 0.3 is 11.9 Å². The quantitative estimate of drug-likeness (QED) is 0.132. The monoisotopic (exact) mass is 595 g/mol. The largest absolute Gasteiger partial charge is 0.459 e. The molecule has 2 aromatic rings. The smallest absolute Gasteiger partial charge is 0.335 e. The Morgan fingerprint density at radius 2 is 1.25 bits per heavy atom. The van der Waals surface area contributed by atoms with Gasteiger partial charge in [-0.15, -0.1) is 0 Å². The van der Waals surface area contributed by atoms with Crippen LogP contribution in [0.15, 0.2) is 73.8 Å². The van der Waals surface area contributed by atoms with E-state index in [0.717, 1.165) is 47.8 Å². The zero-order chi connectivity index (χ0) is 32.2. The second-order valence-corrected chi connectivity index (χ2v) is 11.2. The van der Waals surface area contributed by atoms with Crippen LogP contribution in [0.2, 0.25) is 0 Å². The van der Waals surface area contributed by atoms with Gasteiger partial charge in [0.15, 0.2) is 0 Å². The Morgan fingerprint density at radius 1 is 0.773 bits per heavy atom. The maximum absolute atomic E-state index is 11.2. The summed E-state index contributed by atoms with van der Waals surface area (Å²) >= 11 is 0. The zero-order valence-corrected chi connectivity index (χ0v) is 26.9. The average molecular weight is 596 g/mol. The Kier molecular flexibility index (Phi) is 17.0. The fraction of sp³-hybridized carbons (Fsp3) is 0.462. The van der Waals surface area contributed by atoms with E-state index in [0.29, 0.717) is 11.3 Å². The molecule has 0 aromatic heterocycles. The number of carbonyl (C=O) groups excluding carboxylic acids is 2. The van der Waals surface area contributed by atoms with Gasteiger partial charge in [-0.2, -0.15) is 5.26 Å². The van der Waals surface area contributed by atoms with Crippen LogP contribution in [-0.2, 0) is 14.3 Å². The second kappa shape index (κ2) is 20.8. The van der Waals surface area contributed by atoms with Crippen molar-refractivity contribution < 1.29 is 19.1 Å². The molecule has 0 atom stereocenters.